The second-order valence-electron chi connectivity index (χ2n) is 8.53. The van der Waals surface area contributed by atoms with Gasteiger partial charge in [0.15, 0.2) is 0 Å². The van der Waals surface area contributed by atoms with Gasteiger partial charge in [0.1, 0.15) is 0 Å². The van der Waals surface area contributed by atoms with Crippen molar-refractivity contribution in [3.8, 4) is 0 Å². The number of imide groups is 1. The van der Waals surface area contributed by atoms with E-state index in [1.165, 1.54) is 4.90 Å². The number of nitrogens with zero attached hydrogens (tertiary/aromatic N) is 2. The molecule has 1 heterocycles. The van der Waals surface area contributed by atoms with Crippen molar-refractivity contribution in [1.29, 1.82) is 0 Å². The number of carbonyl (C=O) groups is 3. The Morgan fingerprint density at radius 2 is 1.62 bits per heavy atom. The number of amides is 3. The Bertz CT molecular complexity index is 915. The van der Waals surface area contributed by atoms with E-state index in [2.05, 4.69) is 24.1 Å². The van der Waals surface area contributed by atoms with Crippen LogP contribution >= 0.6 is 0 Å². The largest absolute Gasteiger partial charge is 0.351 e. The van der Waals surface area contributed by atoms with E-state index in [0.29, 0.717) is 23.2 Å². The fourth-order valence-electron chi connectivity index (χ4n) is 3.71. The van der Waals surface area contributed by atoms with Crippen LogP contribution in [0.4, 0.5) is 0 Å². The zero-order chi connectivity index (χ0) is 21.2. The number of fused-ring (bicyclic) bond motifs is 1. The first kappa shape index (κ1) is 20.7. The molecule has 0 fully saturated rings. The third kappa shape index (κ3) is 4.71. The second kappa shape index (κ2) is 8.17. The Kier molecular flexibility index (Phi) is 5.84. The molecule has 0 unspecified atom stereocenters. The summed E-state index contributed by atoms with van der Waals surface area (Å²) in [5.74, 6) is -0.766. The highest BCUT2D eigenvalue weighted by Crippen LogP contribution is 2.24. The average Bonchev–Trinajstić information content (AvgIpc) is 2.91. The minimum Gasteiger partial charge on any atom is -0.351 e. The smallest absolute Gasteiger partial charge is 0.261 e. The highest BCUT2D eigenvalue weighted by molar-refractivity contribution is 6.21. The minimum atomic E-state index is -0.300. The lowest BCUT2D eigenvalue weighted by Gasteiger charge is -2.28. The van der Waals surface area contributed by atoms with Crippen molar-refractivity contribution in [2.45, 2.75) is 20.4 Å². The summed E-state index contributed by atoms with van der Waals surface area (Å²) in [5, 5.41) is 2.98. The summed E-state index contributed by atoms with van der Waals surface area (Å²) in [7, 11) is 4.01. The molecule has 1 aliphatic rings. The molecule has 0 radical (unpaired) electrons. The van der Waals surface area contributed by atoms with Gasteiger partial charge in [0.05, 0.1) is 17.7 Å². The van der Waals surface area contributed by atoms with Crippen molar-refractivity contribution in [2.75, 3.05) is 27.2 Å². The Morgan fingerprint density at radius 1 is 1.00 bits per heavy atom. The molecule has 0 saturated carbocycles. The molecule has 0 saturated heterocycles. The quantitative estimate of drug-likeness (QED) is 0.735. The van der Waals surface area contributed by atoms with Crippen molar-refractivity contribution in [1.82, 2.24) is 15.1 Å². The van der Waals surface area contributed by atoms with Gasteiger partial charge in [-0.2, -0.15) is 0 Å². The number of hydrogen-bond donors (Lipinski definition) is 1. The lowest BCUT2D eigenvalue weighted by Crippen LogP contribution is -2.40. The zero-order valence-electron chi connectivity index (χ0n) is 17.4. The van der Waals surface area contributed by atoms with E-state index >= 15 is 0 Å². The summed E-state index contributed by atoms with van der Waals surface area (Å²) in [6, 6.07) is 13.9. The molecule has 0 bridgehead atoms. The zero-order valence-corrected chi connectivity index (χ0v) is 17.4. The molecule has 3 amide bonds. The van der Waals surface area contributed by atoms with Crippen molar-refractivity contribution in [3.05, 3.63) is 70.8 Å². The maximum atomic E-state index is 12.6. The maximum absolute atomic E-state index is 12.6. The van der Waals surface area contributed by atoms with Gasteiger partial charge >= 0.3 is 0 Å². The Hall–Kier alpha value is -2.99. The Balaban J connectivity index is 1.68. The van der Waals surface area contributed by atoms with Crippen LogP contribution in [0.15, 0.2) is 48.5 Å². The van der Waals surface area contributed by atoms with Gasteiger partial charge in [-0.25, -0.2) is 0 Å². The van der Waals surface area contributed by atoms with E-state index in [1.807, 2.05) is 20.2 Å². The van der Waals surface area contributed by atoms with Crippen LogP contribution in [-0.4, -0.2) is 54.7 Å². The first-order chi connectivity index (χ1) is 13.7. The second-order valence-corrected chi connectivity index (χ2v) is 8.53. The van der Waals surface area contributed by atoms with E-state index in [-0.39, 0.29) is 29.7 Å². The van der Waals surface area contributed by atoms with E-state index in [1.54, 1.807) is 42.5 Å². The molecule has 2 aromatic carbocycles. The molecule has 0 aromatic heterocycles. The monoisotopic (exact) mass is 393 g/mol. The van der Waals surface area contributed by atoms with E-state index in [4.69, 9.17) is 0 Å². The molecule has 29 heavy (non-hydrogen) atoms. The minimum absolute atomic E-state index is 0.0586. The summed E-state index contributed by atoms with van der Waals surface area (Å²) in [4.78, 5) is 41.0. The highest BCUT2D eigenvalue weighted by Gasteiger charge is 2.35. The fraction of sp³-hybridized carbons (Fsp3) is 0.348. The van der Waals surface area contributed by atoms with Crippen molar-refractivity contribution < 1.29 is 14.4 Å². The van der Waals surface area contributed by atoms with Crippen LogP contribution in [0.1, 0.15) is 50.5 Å². The SMILES string of the molecule is CN(C)CC(C)(C)CNC(=O)c1cccc(CN2C(=O)c3ccccc3C2=O)c1. The van der Waals surface area contributed by atoms with Crippen LogP contribution in [0.3, 0.4) is 0 Å². The number of hydrogen-bond acceptors (Lipinski definition) is 4. The summed E-state index contributed by atoms with van der Waals surface area (Å²) in [6.45, 7) is 5.75. The number of rotatable bonds is 7. The molecule has 2 aromatic rings. The molecule has 0 spiro atoms. The van der Waals surface area contributed by atoms with Crippen LogP contribution in [-0.2, 0) is 6.54 Å². The molecule has 0 atom stereocenters. The van der Waals surface area contributed by atoms with E-state index in [9.17, 15) is 14.4 Å². The third-order valence-corrected chi connectivity index (χ3v) is 4.88. The molecular weight excluding hydrogens is 366 g/mol. The first-order valence-corrected chi connectivity index (χ1v) is 9.65. The van der Waals surface area contributed by atoms with Crippen molar-refractivity contribution >= 4 is 17.7 Å². The molecule has 1 aliphatic heterocycles. The topological polar surface area (TPSA) is 69.7 Å². The number of benzene rings is 2. The van der Waals surface area contributed by atoms with Crippen LogP contribution in [0.25, 0.3) is 0 Å². The first-order valence-electron chi connectivity index (χ1n) is 9.65. The number of carbonyl (C=O) groups excluding carboxylic acids is 3. The average molecular weight is 393 g/mol. The molecule has 0 aliphatic carbocycles. The number of nitrogens with one attached hydrogen (secondary N) is 1. The lowest BCUT2D eigenvalue weighted by molar-refractivity contribution is 0.0642. The molecule has 6 nitrogen and oxygen atoms in total. The normalized spacial score (nSPS) is 13.8. The van der Waals surface area contributed by atoms with Gasteiger partial charge in [0, 0.05) is 18.7 Å². The fourth-order valence-corrected chi connectivity index (χ4v) is 3.71. The molecule has 3 rings (SSSR count). The summed E-state index contributed by atoms with van der Waals surface area (Å²) in [6.07, 6.45) is 0. The van der Waals surface area contributed by atoms with Crippen molar-refractivity contribution in [2.24, 2.45) is 5.41 Å². The highest BCUT2D eigenvalue weighted by atomic mass is 16.2. The third-order valence-electron chi connectivity index (χ3n) is 4.88. The van der Waals surface area contributed by atoms with E-state index < -0.39 is 0 Å². The van der Waals surface area contributed by atoms with Crippen LogP contribution < -0.4 is 5.32 Å². The van der Waals surface area contributed by atoms with Gasteiger partial charge in [-0.05, 0) is 49.3 Å². The van der Waals surface area contributed by atoms with Gasteiger partial charge in [-0.15, -0.1) is 0 Å². The molecule has 152 valence electrons. The van der Waals surface area contributed by atoms with Gasteiger partial charge in [-0.3, -0.25) is 19.3 Å². The van der Waals surface area contributed by atoms with Crippen LogP contribution in [0, 0.1) is 5.41 Å². The van der Waals surface area contributed by atoms with E-state index in [0.717, 1.165) is 12.1 Å². The van der Waals surface area contributed by atoms with Gasteiger partial charge in [-0.1, -0.05) is 38.1 Å². The molecular formula is C23H27N3O3. The predicted octanol–water partition coefficient (Wildman–Crippen LogP) is 2.80. The molecule has 6 heteroatoms. The molecule has 1 N–H and O–H groups in total. The van der Waals surface area contributed by atoms with Crippen molar-refractivity contribution in [3.63, 3.8) is 0 Å². The van der Waals surface area contributed by atoms with Gasteiger partial charge in [0.25, 0.3) is 17.7 Å². The summed E-state index contributed by atoms with van der Waals surface area (Å²) < 4.78 is 0. The maximum Gasteiger partial charge on any atom is 0.261 e. The Labute approximate surface area is 171 Å². The van der Waals surface area contributed by atoms with Gasteiger partial charge < -0.3 is 10.2 Å². The van der Waals surface area contributed by atoms with Crippen LogP contribution in [0.2, 0.25) is 0 Å². The lowest BCUT2D eigenvalue weighted by atomic mass is 9.93. The standard InChI is InChI=1S/C23H27N3O3/c1-23(2,15-25(3)4)14-24-20(27)17-9-7-8-16(12-17)13-26-21(28)18-10-5-6-11-19(18)22(26)29/h5-12H,13-15H2,1-4H3,(H,24,27). The van der Waals surface area contributed by atoms with Crippen LogP contribution in [0.5, 0.6) is 0 Å². The predicted molar refractivity (Wildman–Crippen MR) is 112 cm³/mol. The van der Waals surface area contributed by atoms with Gasteiger partial charge in [0.2, 0.25) is 0 Å². The summed E-state index contributed by atoms with van der Waals surface area (Å²) in [5.41, 5.74) is 2.04. The summed E-state index contributed by atoms with van der Waals surface area (Å²) >= 11 is 0. The Morgan fingerprint density at radius 3 is 2.21 bits per heavy atom.